The molecule has 2 aromatic carbocycles. The molecule has 0 aliphatic carbocycles. The van der Waals surface area contributed by atoms with Gasteiger partial charge in [-0.15, -0.1) is 0 Å². The van der Waals surface area contributed by atoms with Crippen LogP contribution in [0.15, 0.2) is 42.5 Å². The van der Waals surface area contributed by atoms with Crippen LogP contribution in [0, 0.1) is 10.1 Å². The number of carboxylic acids is 2. The second-order valence-electron chi connectivity index (χ2n) is 4.60. The van der Waals surface area contributed by atoms with Crippen molar-refractivity contribution in [1.29, 1.82) is 0 Å². The molecule has 0 bridgehead atoms. The van der Waals surface area contributed by atoms with Crippen LogP contribution in [-0.4, -0.2) is 22.8 Å². The Labute approximate surface area is 134 Å². The van der Waals surface area contributed by atoms with Gasteiger partial charge in [-0.1, -0.05) is 12.1 Å². The number of carbonyl (C=O) groups excluding carboxylic acids is 3. The molecule has 0 aliphatic rings. The first-order valence-electron chi connectivity index (χ1n) is 6.42. The molecule has 1 N–H and O–H groups in total. The van der Waals surface area contributed by atoms with Crippen LogP contribution >= 0.6 is 0 Å². The fourth-order valence-corrected chi connectivity index (χ4v) is 1.96. The summed E-state index contributed by atoms with van der Waals surface area (Å²) in [4.78, 5) is 44.1. The maximum atomic E-state index is 12.2. The molecular weight excluding hydrogens is 320 g/mol. The first-order valence-corrected chi connectivity index (χ1v) is 6.42. The van der Waals surface area contributed by atoms with Crippen LogP contribution in [-0.2, 0) is 0 Å². The van der Waals surface area contributed by atoms with Crippen LogP contribution in [0.5, 0.6) is 0 Å². The largest absolute Gasteiger partial charge is 0.545 e. The Hall–Kier alpha value is -3.75. The van der Waals surface area contributed by atoms with Gasteiger partial charge in [0.1, 0.15) is 5.56 Å². The number of nitrogens with one attached hydrogen (secondary N) is 1. The third kappa shape index (κ3) is 3.53. The molecule has 0 spiro atoms. The molecule has 0 saturated carbocycles. The first kappa shape index (κ1) is 16.6. The average molecular weight is 328 g/mol. The molecule has 24 heavy (non-hydrogen) atoms. The molecule has 0 unspecified atom stereocenters. The Morgan fingerprint density at radius 2 is 1.46 bits per heavy atom. The van der Waals surface area contributed by atoms with Gasteiger partial charge in [-0.25, -0.2) is 0 Å². The Morgan fingerprint density at radius 3 is 1.96 bits per heavy atom. The fourth-order valence-electron chi connectivity index (χ4n) is 1.96. The number of nitro groups is 1. The van der Waals surface area contributed by atoms with E-state index in [4.69, 9.17) is 0 Å². The quantitative estimate of drug-likeness (QED) is 0.577. The maximum absolute atomic E-state index is 12.2. The molecule has 2 rings (SSSR count). The molecule has 2 aromatic rings. The summed E-state index contributed by atoms with van der Waals surface area (Å²) < 4.78 is 0. The minimum absolute atomic E-state index is 0.181. The van der Waals surface area contributed by atoms with Gasteiger partial charge in [0.15, 0.2) is 0 Å². The molecule has 9 nitrogen and oxygen atoms in total. The van der Waals surface area contributed by atoms with Gasteiger partial charge in [-0.3, -0.25) is 14.9 Å². The van der Waals surface area contributed by atoms with Crippen molar-refractivity contribution < 1.29 is 29.5 Å². The average Bonchev–Trinajstić information content (AvgIpc) is 2.54. The predicted octanol–water partition coefficient (Wildman–Crippen LogP) is -0.426. The number of carbonyl (C=O) groups is 3. The number of carboxylic acid groups (broad SMARTS) is 2. The van der Waals surface area contributed by atoms with Crippen LogP contribution in [0.2, 0.25) is 0 Å². The number of rotatable bonds is 5. The molecule has 1 amide bonds. The summed E-state index contributed by atoms with van der Waals surface area (Å²) in [5.74, 6) is -4.21. The van der Waals surface area contributed by atoms with E-state index in [2.05, 4.69) is 5.32 Å². The van der Waals surface area contributed by atoms with E-state index in [1.54, 1.807) is 0 Å². The standard InChI is InChI=1S/C15H10N2O7/c18-13(11-3-1-2-4-12(11)17(23)24)16-10-6-8(14(19)20)5-9(7-10)15(21)22/h1-7H,(H,16,18)(H,19,20)(H,21,22)/p-2. The summed E-state index contributed by atoms with van der Waals surface area (Å²) in [6, 6.07) is 7.86. The van der Waals surface area contributed by atoms with E-state index >= 15 is 0 Å². The maximum Gasteiger partial charge on any atom is 0.282 e. The SMILES string of the molecule is O=C([O-])c1cc(NC(=O)c2ccccc2[N+](=O)[O-])cc(C(=O)[O-])c1. The number of hydrogen-bond donors (Lipinski definition) is 1. The van der Waals surface area contributed by atoms with Gasteiger partial charge in [0, 0.05) is 11.8 Å². The lowest BCUT2D eigenvalue weighted by molar-refractivity contribution is -0.385. The number of nitrogens with zero attached hydrogens (tertiary/aromatic N) is 1. The van der Waals surface area contributed by atoms with Crippen molar-refractivity contribution >= 4 is 29.2 Å². The highest BCUT2D eigenvalue weighted by Gasteiger charge is 2.19. The van der Waals surface area contributed by atoms with Crippen molar-refractivity contribution in [1.82, 2.24) is 0 Å². The number of nitro benzene ring substituents is 1. The van der Waals surface area contributed by atoms with Gasteiger partial charge in [0.2, 0.25) is 0 Å². The van der Waals surface area contributed by atoms with E-state index in [-0.39, 0.29) is 11.3 Å². The van der Waals surface area contributed by atoms with Crippen molar-refractivity contribution in [3.63, 3.8) is 0 Å². The third-order valence-electron chi connectivity index (χ3n) is 3.01. The summed E-state index contributed by atoms with van der Waals surface area (Å²) >= 11 is 0. The highest BCUT2D eigenvalue weighted by Crippen LogP contribution is 2.21. The number of aromatic carboxylic acids is 2. The number of amides is 1. The van der Waals surface area contributed by atoms with Gasteiger partial charge in [-0.05, 0) is 35.4 Å². The normalized spacial score (nSPS) is 10.0. The van der Waals surface area contributed by atoms with Gasteiger partial charge in [0.05, 0.1) is 16.9 Å². The molecule has 0 aliphatic heterocycles. The molecule has 0 fully saturated rings. The molecule has 0 heterocycles. The molecule has 0 atom stereocenters. The first-order chi connectivity index (χ1) is 11.3. The smallest absolute Gasteiger partial charge is 0.282 e. The zero-order chi connectivity index (χ0) is 17.9. The molecule has 0 saturated heterocycles. The van der Waals surface area contributed by atoms with Gasteiger partial charge in [-0.2, -0.15) is 0 Å². The van der Waals surface area contributed by atoms with Crippen LogP contribution in [0.25, 0.3) is 0 Å². The van der Waals surface area contributed by atoms with E-state index in [0.717, 1.165) is 24.3 Å². The predicted molar refractivity (Wildman–Crippen MR) is 76.2 cm³/mol. The second-order valence-corrected chi connectivity index (χ2v) is 4.60. The summed E-state index contributed by atoms with van der Waals surface area (Å²) in [6.45, 7) is 0. The van der Waals surface area contributed by atoms with Crippen LogP contribution in [0.1, 0.15) is 31.1 Å². The van der Waals surface area contributed by atoms with Crippen LogP contribution < -0.4 is 15.5 Å². The Kier molecular flexibility index (Phi) is 4.55. The monoisotopic (exact) mass is 328 g/mol. The Morgan fingerprint density at radius 1 is 0.917 bits per heavy atom. The van der Waals surface area contributed by atoms with Crippen molar-refractivity contribution in [2.24, 2.45) is 0 Å². The zero-order valence-corrected chi connectivity index (χ0v) is 11.8. The molecule has 122 valence electrons. The number of hydrogen-bond acceptors (Lipinski definition) is 7. The lowest BCUT2D eigenvalue weighted by Crippen LogP contribution is -2.26. The van der Waals surface area contributed by atoms with Crippen LogP contribution in [0.3, 0.4) is 0 Å². The summed E-state index contributed by atoms with van der Waals surface area (Å²) in [5.41, 5.74) is -1.88. The number of para-hydroxylation sites is 1. The van der Waals surface area contributed by atoms with Crippen molar-refractivity contribution in [2.75, 3.05) is 5.32 Å². The number of benzene rings is 2. The minimum Gasteiger partial charge on any atom is -0.545 e. The highest BCUT2D eigenvalue weighted by atomic mass is 16.6. The van der Waals surface area contributed by atoms with E-state index in [1.807, 2.05) is 0 Å². The van der Waals surface area contributed by atoms with Gasteiger partial charge >= 0.3 is 0 Å². The van der Waals surface area contributed by atoms with Gasteiger partial charge < -0.3 is 25.1 Å². The van der Waals surface area contributed by atoms with E-state index in [1.165, 1.54) is 18.2 Å². The molecule has 0 aromatic heterocycles. The second kappa shape index (κ2) is 6.57. The van der Waals surface area contributed by atoms with Gasteiger partial charge in [0.25, 0.3) is 11.6 Å². The molecule has 9 heteroatoms. The highest BCUT2D eigenvalue weighted by molar-refractivity contribution is 6.08. The Balaban J connectivity index is 2.41. The molecule has 0 radical (unpaired) electrons. The fraction of sp³-hybridized carbons (Fsp3) is 0. The van der Waals surface area contributed by atoms with E-state index in [0.29, 0.717) is 0 Å². The van der Waals surface area contributed by atoms with E-state index < -0.39 is 39.6 Å². The summed E-state index contributed by atoms with van der Waals surface area (Å²) in [6.07, 6.45) is 0. The summed E-state index contributed by atoms with van der Waals surface area (Å²) in [5, 5.41) is 34.9. The van der Waals surface area contributed by atoms with Crippen molar-refractivity contribution in [3.05, 3.63) is 69.3 Å². The Bertz CT molecular complexity index is 828. The molecular formula is C15H8N2O7-2. The van der Waals surface area contributed by atoms with Crippen molar-refractivity contribution in [2.45, 2.75) is 0 Å². The number of anilines is 1. The van der Waals surface area contributed by atoms with Crippen molar-refractivity contribution in [3.8, 4) is 0 Å². The van der Waals surface area contributed by atoms with Crippen LogP contribution in [0.4, 0.5) is 11.4 Å². The topological polar surface area (TPSA) is 152 Å². The van der Waals surface area contributed by atoms with E-state index in [9.17, 15) is 34.7 Å². The lowest BCUT2D eigenvalue weighted by atomic mass is 10.1. The summed E-state index contributed by atoms with van der Waals surface area (Å²) in [7, 11) is 0. The minimum atomic E-state index is -1.65. The zero-order valence-electron chi connectivity index (χ0n) is 11.8. The lowest BCUT2D eigenvalue weighted by Gasteiger charge is -2.12. The third-order valence-corrected chi connectivity index (χ3v) is 3.01.